The fourth-order valence-corrected chi connectivity index (χ4v) is 2.81. The normalized spacial score (nSPS) is 12.2. The summed E-state index contributed by atoms with van der Waals surface area (Å²) in [4.78, 5) is 20.5. The fraction of sp³-hybridized carbons (Fsp3) is 0.125. The zero-order chi connectivity index (χ0) is 17.8. The van der Waals surface area contributed by atoms with Crippen LogP contribution in [-0.2, 0) is 6.18 Å². The SMILES string of the molecule is Cc1[nH]nc2c(=O)n(-c3cccnc3)c3nc(C(F)(F)F)ccc3c12. The summed E-state index contributed by atoms with van der Waals surface area (Å²) in [5.74, 6) is 0. The van der Waals surface area contributed by atoms with E-state index < -0.39 is 17.4 Å². The van der Waals surface area contributed by atoms with E-state index in [4.69, 9.17) is 0 Å². The summed E-state index contributed by atoms with van der Waals surface area (Å²) >= 11 is 0. The molecule has 0 amide bonds. The van der Waals surface area contributed by atoms with Gasteiger partial charge >= 0.3 is 6.18 Å². The van der Waals surface area contributed by atoms with E-state index in [1.54, 1.807) is 19.1 Å². The predicted octanol–water partition coefficient (Wildman–Crippen LogP) is 2.98. The average Bonchev–Trinajstić information content (AvgIpc) is 2.97. The fourth-order valence-electron chi connectivity index (χ4n) is 2.81. The number of pyridine rings is 3. The molecule has 0 aliphatic carbocycles. The van der Waals surface area contributed by atoms with Crippen LogP contribution in [0.15, 0.2) is 41.5 Å². The molecule has 0 radical (unpaired) electrons. The van der Waals surface area contributed by atoms with Crippen molar-refractivity contribution in [3.8, 4) is 5.69 Å². The van der Waals surface area contributed by atoms with Crippen molar-refractivity contribution in [1.82, 2.24) is 24.7 Å². The number of aromatic nitrogens is 5. The zero-order valence-corrected chi connectivity index (χ0v) is 12.8. The van der Waals surface area contributed by atoms with Gasteiger partial charge in [-0.2, -0.15) is 18.3 Å². The average molecular weight is 345 g/mol. The molecule has 0 aromatic carbocycles. The maximum absolute atomic E-state index is 13.1. The first-order valence-corrected chi connectivity index (χ1v) is 7.26. The van der Waals surface area contributed by atoms with Crippen molar-refractivity contribution in [2.45, 2.75) is 13.1 Å². The van der Waals surface area contributed by atoms with Crippen LogP contribution >= 0.6 is 0 Å². The number of aromatic amines is 1. The van der Waals surface area contributed by atoms with E-state index in [0.29, 0.717) is 22.2 Å². The maximum atomic E-state index is 13.1. The Labute approximate surface area is 138 Å². The van der Waals surface area contributed by atoms with Gasteiger partial charge in [0.2, 0.25) is 0 Å². The number of hydrogen-bond acceptors (Lipinski definition) is 4. The van der Waals surface area contributed by atoms with Crippen molar-refractivity contribution in [2.24, 2.45) is 0 Å². The van der Waals surface area contributed by atoms with E-state index in [9.17, 15) is 18.0 Å². The summed E-state index contributed by atoms with van der Waals surface area (Å²) in [6.07, 6.45) is -1.74. The standard InChI is InChI=1S/C16H10F3N5O/c1-8-12-10-4-5-11(16(17,18)19)21-14(10)24(9-3-2-6-20-7-9)15(25)13(12)23-22-8/h2-7H,1H3,(H,22,23). The van der Waals surface area contributed by atoms with Crippen LogP contribution in [0.1, 0.15) is 11.4 Å². The summed E-state index contributed by atoms with van der Waals surface area (Å²) in [6, 6.07) is 5.36. The minimum atomic E-state index is -4.62. The number of aryl methyl sites for hydroxylation is 1. The van der Waals surface area contributed by atoms with Crippen molar-refractivity contribution in [3.05, 3.63) is 58.4 Å². The number of nitrogens with zero attached hydrogens (tertiary/aromatic N) is 4. The Morgan fingerprint density at radius 1 is 1.20 bits per heavy atom. The summed E-state index contributed by atoms with van der Waals surface area (Å²) in [6.45, 7) is 1.69. The summed E-state index contributed by atoms with van der Waals surface area (Å²) in [5.41, 5.74) is -0.701. The van der Waals surface area contributed by atoms with Gasteiger partial charge in [-0.25, -0.2) is 4.98 Å². The molecule has 0 spiro atoms. The van der Waals surface area contributed by atoms with E-state index in [-0.39, 0.29) is 11.2 Å². The second-order valence-corrected chi connectivity index (χ2v) is 5.49. The molecule has 6 nitrogen and oxygen atoms in total. The third-order valence-electron chi connectivity index (χ3n) is 3.90. The Morgan fingerprint density at radius 2 is 2.00 bits per heavy atom. The molecule has 25 heavy (non-hydrogen) atoms. The lowest BCUT2D eigenvalue weighted by molar-refractivity contribution is -0.141. The van der Waals surface area contributed by atoms with Crippen LogP contribution in [0.3, 0.4) is 0 Å². The molecule has 4 aromatic heterocycles. The highest BCUT2D eigenvalue weighted by Crippen LogP contribution is 2.31. The van der Waals surface area contributed by atoms with Crippen LogP contribution in [-0.4, -0.2) is 24.7 Å². The van der Waals surface area contributed by atoms with Crippen molar-refractivity contribution in [1.29, 1.82) is 0 Å². The highest BCUT2D eigenvalue weighted by Gasteiger charge is 2.33. The van der Waals surface area contributed by atoms with Gasteiger partial charge in [0.05, 0.1) is 11.9 Å². The Balaban J connectivity index is 2.24. The maximum Gasteiger partial charge on any atom is 0.433 e. The molecule has 9 heteroatoms. The van der Waals surface area contributed by atoms with E-state index in [0.717, 1.165) is 10.6 Å². The lowest BCUT2D eigenvalue weighted by atomic mass is 10.1. The number of alkyl halides is 3. The Morgan fingerprint density at radius 3 is 2.68 bits per heavy atom. The van der Waals surface area contributed by atoms with Gasteiger partial charge in [0, 0.05) is 22.7 Å². The monoisotopic (exact) mass is 345 g/mol. The van der Waals surface area contributed by atoms with Crippen molar-refractivity contribution in [2.75, 3.05) is 0 Å². The molecular formula is C16H10F3N5O. The van der Waals surface area contributed by atoms with Crippen molar-refractivity contribution >= 4 is 21.9 Å². The molecule has 0 fully saturated rings. The topological polar surface area (TPSA) is 76.5 Å². The Bertz CT molecular complexity index is 1160. The van der Waals surface area contributed by atoms with Gasteiger partial charge in [0.25, 0.3) is 5.56 Å². The molecule has 0 aliphatic heterocycles. The van der Waals surface area contributed by atoms with E-state index in [1.807, 2.05) is 0 Å². The van der Waals surface area contributed by atoms with Crippen LogP contribution < -0.4 is 5.56 Å². The van der Waals surface area contributed by atoms with Crippen LogP contribution in [0.5, 0.6) is 0 Å². The molecule has 126 valence electrons. The second-order valence-electron chi connectivity index (χ2n) is 5.49. The number of hydrogen-bond donors (Lipinski definition) is 1. The van der Waals surface area contributed by atoms with Gasteiger partial charge in [-0.3, -0.25) is 19.4 Å². The largest absolute Gasteiger partial charge is 0.433 e. The molecule has 0 saturated carbocycles. The first-order chi connectivity index (χ1) is 11.9. The highest BCUT2D eigenvalue weighted by molar-refractivity contribution is 6.04. The molecular weight excluding hydrogens is 335 g/mol. The first kappa shape index (κ1) is 15.3. The van der Waals surface area contributed by atoms with E-state index in [2.05, 4.69) is 20.2 Å². The lowest BCUT2D eigenvalue weighted by Gasteiger charge is -2.12. The van der Waals surface area contributed by atoms with Crippen LogP contribution in [0.4, 0.5) is 13.2 Å². The van der Waals surface area contributed by atoms with Crippen molar-refractivity contribution in [3.63, 3.8) is 0 Å². The number of fused-ring (bicyclic) bond motifs is 3. The van der Waals surface area contributed by atoms with Gasteiger partial charge in [0.1, 0.15) is 11.3 Å². The second kappa shape index (κ2) is 5.13. The van der Waals surface area contributed by atoms with Gasteiger partial charge in [-0.05, 0) is 31.2 Å². The quantitative estimate of drug-likeness (QED) is 0.575. The molecule has 4 aromatic rings. The van der Waals surface area contributed by atoms with Gasteiger partial charge in [0.15, 0.2) is 5.52 Å². The third kappa shape index (κ3) is 2.27. The summed E-state index contributed by atoms with van der Waals surface area (Å²) < 4.78 is 40.4. The Hall–Kier alpha value is -3.23. The van der Waals surface area contributed by atoms with E-state index in [1.165, 1.54) is 18.5 Å². The number of nitrogens with one attached hydrogen (secondary N) is 1. The molecule has 0 unspecified atom stereocenters. The van der Waals surface area contributed by atoms with Gasteiger partial charge < -0.3 is 0 Å². The third-order valence-corrected chi connectivity index (χ3v) is 3.90. The molecule has 0 aliphatic rings. The molecule has 0 atom stereocenters. The highest BCUT2D eigenvalue weighted by atomic mass is 19.4. The summed E-state index contributed by atoms with van der Waals surface area (Å²) in [7, 11) is 0. The molecule has 0 saturated heterocycles. The van der Waals surface area contributed by atoms with Crippen LogP contribution in [0.2, 0.25) is 0 Å². The number of halogens is 3. The van der Waals surface area contributed by atoms with E-state index >= 15 is 0 Å². The van der Waals surface area contributed by atoms with Gasteiger partial charge in [-0.15, -0.1) is 0 Å². The summed E-state index contributed by atoms with van der Waals surface area (Å²) in [5, 5.41) is 7.56. The predicted molar refractivity (Wildman–Crippen MR) is 84.5 cm³/mol. The minimum absolute atomic E-state index is 0.0928. The molecule has 0 bridgehead atoms. The lowest BCUT2D eigenvalue weighted by Crippen LogP contribution is -2.21. The molecule has 4 heterocycles. The minimum Gasteiger partial charge on any atom is -0.281 e. The molecule has 1 N–H and O–H groups in total. The van der Waals surface area contributed by atoms with Gasteiger partial charge in [-0.1, -0.05) is 0 Å². The number of H-pyrrole nitrogens is 1. The zero-order valence-electron chi connectivity index (χ0n) is 12.8. The van der Waals surface area contributed by atoms with Crippen LogP contribution in [0.25, 0.3) is 27.6 Å². The molecule has 4 rings (SSSR count). The first-order valence-electron chi connectivity index (χ1n) is 7.26. The van der Waals surface area contributed by atoms with Crippen molar-refractivity contribution < 1.29 is 13.2 Å². The Kier molecular flexibility index (Phi) is 3.14. The smallest absolute Gasteiger partial charge is 0.281 e. The number of rotatable bonds is 1. The van der Waals surface area contributed by atoms with Crippen LogP contribution in [0, 0.1) is 6.92 Å².